The highest BCUT2D eigenvalue weighted by atomic mass is 35.5. The van der Waals surface area contributed by atoms with Crippen LogP contribution in [0, 0.1) is 11.8 Å². The maximum Gasteiger partial charge on any atom is 0.258 e. The number of nitrogens with one attached hydrogen (secondary N) is 2. The minimum Gasteiger partial charge on any atom is -0.484 e. The van der Waals surface area contributed by atoms with E-state index < -0.39 is 0 Å². The summed E-state index contributed by atoms with van der Waals surface area (Å²) in [6, 6.07) is 7.34. The van der Waals surface area contributed by atoms with Crippen LogP contribution in [-0.4, -0.2) is 31.6 Å². The van der Waals surface area contributed by atoms with Crippen LogP contribution in [0.25, 0.3) is 0 Å². The Morgan fingerprint density at radius 1 is 1.25 bits per heavy atom. The van der Waals surface area contributed by atoms with Gasteiger partial charge in [0.1, 0.15) is 5.75 Å². The van der Waals surface area contributed by atoms with Gasteiger partial charge in [-0.05, 0) is 62.0 Å². The number of hydrogen-bond donors (Lipinski definition) is 2. The number of carbonyl (C=O) groups is 1. The molecule has 3 atom stereocenters. The van der Waals surface area contributed by atoms with E-state index >= 15 is 0 Å². The fourth-order valence-corrected chi connectivity index (χ4v) is 3.36. The third kappa shape index (κ3) is 3.25. The zero-order chi connectivity index (χ0) is 13.9. The summed E-state index contributed by atoms with van der Waals surface area (Å²) in [4.78, 5) is 11.9. The van der Waals surface area contributed by atoms with Gasteiger partial charge in [0.15, 0.2) is 6.61 Å². The van der Waals surface area contributed by atoms with Gasteiger partial charge in [-0.1, -0.05) is 11.6 Å². The van der Waals surface area contributed by atoms with Gasteiger partial charge in [0.05, 0.1) is 0 Å². The second kappa shape index (κ2) is 6.02. The average Bonchev–Trinajstić information content (AvgIpc) is 2.99. The van der Waals surface area contributed by atoms with Crippen LogP contribution >= 0.6 is 11.6 Å². The number of halogens is 1. The number of amides is 1. The van der Waals surface area contributed by atoms with E-state index in [1.807, 2.05) is 0 Å². The lowest BCUT2D eigenvalue weighted by Gasteiger charge is -2.14. The van der Waals surface area contributed by atoms with Crippen LogP contribution in [0.4, 0.5) is 0 Å². The van der Waals surface area contributed by atoms with Crippen molar-refractivity contribution in [2.75, 3.05) is 19.7 Å². The SMILES string of the molecule is O=C(COc1ccc(Cl)cc1)N[C@@H]1C[C@H]2CNC[C@H]2C1. The molecule has 3 rings (SSSR count). The highest BCUT2D eigenvalue weighted by molar-refractivity contribution is 6.30. The summed E-state index contributed by atoms with van der Waals surface area (Å²) in [5.74, 6) is 2.09. The smallest absolute Gasteiger partial charge is 0.258 e. The van der Waals surface area contributed by atoms with Gasteiger partial charge < -0.3 is 15.4 Å². The van der Waals surface area contributed by atoms with E-state index in [-0.39, 0.29) is 12.5 Å². The molecule has 1 aromatic carbocycles. The summed E-state index contributed by atoms with van der Waals surface area (Å²) in [7, 11) is 0. The molecular weight excluding hydrogens is 276 g/mol. The molecule has 20 heavy (non-hydrogen) atoms. The molecule has 1 saturated carbocycles. The maximum absolute atomic E-state index is 11.9. The van der Waals surface area contributed by atoms with Crippen molar-refractivity contribution < 1.29 is 9.53 Å². The molecule has 1 saturated heterocycles. The topological polar surface area (TPSA) is 50.4 Å². The zero-order valence-electron chi connectivity index (χ0n) is 11.3. The lowest BCUT2D eigenvalue weighted by Crippen LogP contribution is -2.37. The Bertz CT molecular complexity index is 465. The van der Waals surface area contributed by atoms with Crippen molar-refractivity contribution in [1.82, 2.24) is 10.6 Å². The summed E-state index contributed by atoms with van der Waals surface area (Å²) in [5, 5.41) is 7.13. The molecule has 0 aromatic heterocycles. The number of fused-ring (bicyclic) bond motifs is 1. The molecule has 1 aliphatic heterocycles. The van der Waals surface area contributed by atoms with Gasteiger partial charge in [-0.3, -0.25) is 4.79 Å². The molecule has 5 heteroatoms. The molecule has 1 aromatic rings. The summed E-state index contributed by atoms with van der Waals surface area (Å²) < 4.78 is 5.44. The first-order valence-corrected chi connectivity index (χ1v) is 7.47. The Morgan fingerprint density at radius 3 is 2.55 bits per heavy atom. The van der Waals surface area contributed by atoms with Gasteiger partial charge in [-0.15, -0.1) is 0 Å². The van der Waals surface area contributed by atoms with Crippen LogP contribution in [0.5, 0.6) is 5.75 Å². The standard InChI is InChI=1S/C15H19ClN2O2/c16-12-1-3-14(4-2-12)20-9-15(19)18-13-5-10-7-17-8-11(10)6-13/h1-4,10-11,13,17H,5-9H2,(H,18,19)/t10-,11+,13+. The Kier molecular flexibility index (Phi) is 4.13. The van der Waals surface area contributed by atoms with Gasteiger partial charge in [0, 0.05) is 11.1 Å². The first-order valence-electron chi connectivity index (χ1n) is 7.09. The first kappa shape index (κ1) is 13.7. The van der Waals surface area contributed by atoms with Crippen molar-refractivity contribution >= 4 is 17.5 Å². The van der Waals surface area contributed by atoms with E-state index in [9.17, 15) is 4.79 Å². The fraction of sp³-hybridized carbons (Fsp3) is 0.533. The van der Waals surface area contributed by atoms with Crippen molar-refractivity contribution in [3.05, 3.63) is 29.3 Å². The largest absolute Gasteiger partial charge is 0.484 e. The maximum atomic E-state index is 11.9. The van der Waals surface area contributed by atoms with Crippen molar-refractivity contribution in [2.45, 2.75) is 18.9 Å². The van der Waals surface area contributed by atoms with E-state index in [0.717, 1.165) is 37.8 Å². The average molecular weight is 295 g/mol. The Hall–Kier alpha value is -1.26. The molecule has 0 radical (unpaired) electrons. The molecule has 2 aliphatic rings. The minimum atomic E-state index is -0.0436. The Morgan fingerprint density at radius 2 is 1.90 bits per heavy atom. The van der Waals surface area contributed by atoms with E-state index in [4.69, 9.17) is 16.3 Å². The number of hydrogen-bond acceptors (Lipinski definition) is 3. The Balaban J connectivity index is 1.42. The highest BCUT2D eigenvalue weighted by Gasteiger charge is 2.37. The number of rotatable bonds is 4. The lowest BCUT2D eigenvalue weighted by atomic mass is 10.0. The second-order valence-electron chi connectivity index (χ2n) is 5.66. The van der Waals surface area contributed by atoms with Gasteiger partial charge in [0.2, 0.25) is 0 Å². The van der Waals surface area contributed by atoms with Gasteiger partial charge in [-0.25, -0.2) is 0 Å². The first-order chi connectivity index (χ1) is 9.70. The zero-order valence-corrected chi connectivity index (χ0v) is 12.0. The Labute approximate surface area is 123 Å². The molecule has 108 valence electrons. The second-order valence-corrected chi connectivity index (χ2v) is 6.09. The van der Waals surface area contributed by atoms with E-state index in [2.05, 4.69) is 10.6 Å². The van der Waals surface area contributed by atoms with Crippen molar-refractivity contribution in [3.63, 3.8) is 0 Å². The fourth-order valence-electron chi connectivity index (χ4n) is 3.23. The van der Waals surface area contributed by atoms with E-state index in [1.54, 1.807) is 24.3 Å². The summed E-state index contributed by atoms with van der Waals surface area (Å²) in [5.41, 5.74) is 0. The van der Waals surface area contributed by atoms with Crippen LogP contribution in [0.2, 0.25) is 5.02 Å². The van der Waals surface area contributed by atoms with Crippen LogP contribution in [0.15, 0.2) is 24.3 Å². The number of carbonyl (C=O) groups excluding carboxylic acids is 1. The predicted molar refractivity (Wildman–Crippen MR) is 78.0 cm³/mol. The van der Waals surface area contributed by atoms with Gasteiger partial charge >= 0.3 is 0 Å². The molecule has 0 bridgehead atoms. The molecule has 4 nitrogen and oxygen atoms in total. The number of ether oxygens (including phenoxy) is 1. The summed E-state index contributed by atoms with van der Waals surface area (Å²) >= 11 is 5.79. The van der Waals surface area contributed by atoms with E-state index in [0.29, 0.717) is 16.8 Å². The molecule has 2 fully saturated rings. The van der Waals surface area contributed by atoms with Crippen LogP contribution in [-0.2, 0) is 4.79 Å². The predicted octanol–water partition coefficient (Wildman–Crippen LogP) is 1.83. The van der Waals surface area contributed by atoms with Crippen molar-refractivity contribution in [3.8, 4) is 5.75 Å². The van der Waals surface area contributed by atoms with E-state index in [1.165, 1.54) is 0 Å². The molecule has 0 spiro atoms. The molecule has 1 amide bonds. The molecule has 2 N–H and O–H groups in total. The van der Waals surface area contributed by atoms with Crippen molar-refractivity contribution in [1.29, 1.82) is 0 Å². The third-order valence-corrected chi connectivity index (χ3v) is 4.45. The minimum absolute atomic E-state index is 0.0436. The third-order valence-electron chi connectivity index (χ3n) is 4.20. The molecule has 0 unspecified atom stereocenters. The van der Waals surface area contributed by atoms with Crippen LogP contribution in [0.1, 0.15) is 12.8 Å². The molecule has 1 heterocycles. The van der Waals surface area contributed by atoms with Crippen LogP contribution in [0.3, 0.4) is 0 Å². The monoisotopic (exact) mass is 294 g/mol. The van der Waals surface area contributed by atoms with Crippen molar-refractivity contribution in [2.24, 2.45) is 11.8 Å². The number of benzene rings is 1. The lowest BCUT2D eigenvalue weighted by molar-refractivity contribution is -0.123. The van der Waals surface area contributed by atoms with Gasteiger partial charge in [-0.2, -0.15) is 0 Å². The molecule has 1 aliphatic carbocycles. The van der Waals surface area contributed by atoms with Crippen LogP contribution < -0.4 is 15.4 Å². The summed E-state index contributed by atoms with van der Waals surface area (Å²) in [6.45, 7) is 2.25. The normalized spacial score (nSPS) is 28.1. The summed E-state index contributed by atoms with van der Waals surface area (Å²) in [6.07, 6.45) is 2.18. The molecular formula is C15H19ClN2O2. The highest BCUT2D eigenvalue weighted by Crippen LogP contribution is 2.34. The quantitative estimate of drug-likeness (QED) is 0.891. The van der Waals surface area contributed by atoms with Gasteiger partial charge in [0.25, 0.3) is 5.91 Å².